The second-order valence-electron chi connectivity index (χ2n) is 6.50. The van der Waals surface area contributed by atoms with Crippen molar-refractivity contribution in [3.63, 3.8) is 0 Å². The maximum atomic E-state index is 13.0. The fourth-order valence-electron chi connectivity index (χ4n) is 3.36. The van der Waals surface area contributed by atoms with Crippen LogP contribution >= 0.6 is 11.6 Å². The highest BCUT2D eigenvalue weighted by molar-refractivity contribution is 7.91. The second kappa shape index (κ2) is 8.32. The van der Waals surface area contributed by atoms with Crippen LogP contribution in [0.25, 0.3) is 0 Å². The molecule has 8 heteroatoms. The Labute approximate surface area is 169 Å². The van der Waals surface area contributed by atoms with E-state index in [1.807, 2.05) is 0 Å². The predicted octanol–water partition coefficient (Wildman–Crippen LogP) is 3.13. The number of nitrogens with zero attached hydrogens (tertiary/aromatic N) is 1. The van der Waals surface area contributed by atoms with Gasteiger partial charge in [0.15, 0.2) is 9.84 Å². The van der Waals surface area contributed by atoms with Crippen molar-refractivity contribution in [1.29, 1.82) is 0 Å². The summed E-state index contributed by atoms with van der Waals surface area (Å²) in [5, 5.41) is -0.373. The minimum absolute atomic E-state index is 0.0532. The molecule has 0 N–H and O–H groups in total. The lowest BCUT2D eigenvalue weighted by Crippen LogP contribution is -2.34. The van der Waals surface area contributed by atoms with E-state index in [0.29, 0.717) is 10.6 Å². The number of carbonyl (C=O) groups excluding carboxylic acids is 2. The number of amides is 1. The average Bonchev–Trinajstić information content (AvgIpc) is 2.85. The molecule has 1 fully saturated rings. The summed E-state index contributed by atoms with van der Waals surface area (Å²) in [6, 6.07) is 13.2. The molecule has 1 amide bonds. The highest BCUT2D eigenvalue weighted by atomic mass is 35.5. The molecule has 1 atom stereocenters. The molecule has 1 heterocycles. The summed E-state index contributed by atoms with van der Waals surface area (Å²) in [5.74, 6) is -1.17. The first-order valence-electron chi connectivity index (χ1n) is 8.77. The molecule has 3 rings (SSSR count). The van der Waals surface area contributed by atoms with Gasteiger partial charge < -0.3 is 9.64 Å². The van der Waals surface area contributed by atoms with Crippen LogP contribution in [-0.2, 0) is 14.6 Å². The molecule has 28 heavy (non-hydrogen) atoms. The molecule has 0 aromatic heterocycles. The number of methoxy groups -OCH3 is 1. The number of benzene rings is 2. The number of ether oxygens (including phenoxy) is 1. The fraction of sp³-hybridized carbons (Fsp3) is 0.300. The topological polar surface area (TPSA) is 80.8 Å². The molecule has 0 aliphatic carbocycles. The summed E-state index contributed by atoms with van der Waals surface area (Å²) in [6.45, 7) is 0.293. The molecule has 1 aliphatic rings. The van der Waals surface area contributed by atoms with E-state index in [-0.39, 0.29) is 36.4 Å². The second-order valence-corrected chi connectivity index (χ2v) is 9.21. The molecular weight excluding hydrogens is 402 g/mol. The number of hydrogen-bond acceptors (Lipinski definition) is 5. The molecule has 1 saturated heterocycles. The van der Waals surface area contributed by atoms with Gasteiger partial charge in [-0.3, -0.25) is 4.79 Å². The first kappa shape index (κ1) is 20.4. The Morgan fingerprint density at radius 3 is 2.36 bits per heavy atom. The van der Waals surface area contributed by atoms with Crippen molar-refractivity contribution in [3.8, 4) is 0 Å². The monoisotopic (exact) mass is 421 g/mol. The first-order valence-corrected chi connectivity index (χ1v) is 10.9. The van der Waals surface area contributed by atoms with Crippen molar-refractivity contribution in [3.05, 3.63) is 70.2 Å². The normalized spacial score (nSPS) is 18.9. The van der Waals surface area contributed by atoms with Crippen LogP contribution in [0.2, 0.25) is 5.02 Å². The number of sulfone groups is 1. The van der Waals surface area contributed by atoms with E-state index in [4.69, 9.17) is 16.3 Å². The van der Waals surface area contributed by atoms with Crippen LogP contribution in [0.3, 0.4) is 0 Å². The van der Waals surface area contributed by atoms with E-state index in [2.05, 4.69) is 0 Å². The minimum atomic E-state index is -3.49. The number of hydrogen-bond donors (Lipinski definition) is 0. The van der Waals surface area contributed by atoms with E-state index >= 15 is 0 Å². The number of carbonyl (C=O) groups is 2. The average molecular weight is 422 g/mol. The molecule has 0 saturated carbocycles. The van der Waals surface area contributed by atoms with E-state index in [1.54, 1.807) is 42.5 Å². The van der Waals surface area contributed by atoms with E-state index < -0.39 is 27.0 Å². The van der Waals surface area contributed by atoms with Gasteiger partial charge in [-0.25, -0.2) is 13.2 Å². The SMILES string of the molecule is COC(=O)c1ccccc1C(=O)N1CCC(c2ccccc2Cl)S(=O)(=O)CC1. The van der Waals surface area contributed by atoms with Crippen molar-refractivity contribution in [2.24, 2.45) is 0 Å². The summed E-state index contributed by atoms with van der Waals surface area (Å²) in [6.07, 6.45) is 0.234. The van der Waals surface area contributed by atoms with Crippen molar-refractivity contribution in [2.75, 3.05) is 26.0 Å². The van der Waals surface area contributed by atoms with E-state index in [1.165, 1.54) is 18.1 Å². The zero-order valence-electron chi connectivity index (χ0n) is 15.3. The Balaban J connectivity index is 1.89. The highest BCUT2D eigenvalue weighted by Crippen LogP contribution is 2.34. The van der Waals surface area contributed by atoms with Gasteiger partial charge in [-0.2, -0.15) is 0 Å². The minimum Gasteiger partial charge on any atom is -0.465 e. The van der Waals surface area contributed by atoms with Gasteiger partial charge in [0.25, 0.3) is 5.91 Å². The third kappa shape index (κ3) is 4.05. The Morgan fingerprint density at radius 2 is 1.68 bits per heavy atom. The number of halogens is 1. The van der Waals surface area contributed by atoms with Crippen LogP contribution in [0.15, 0.2) is 48.5 Å². The molecule has 0 radical (unpaired) electrons. The standard InChI is InChI=1S/C20H20ClNO5S/c1-27-20(24)15-7-3-2-6-14(15)19(23)22-11-10-18(28(25,26)13-12-22)16-8-4-5-9-17(16)21/h2-9,18H,10-13H2,1H3. The molecular formula is C20H20ClNO5S. The van der Waals surface area contributed by atoms with Gasteiger partial charge in [-0.1, -0.05) is 41.9 Å². The smallest absolute Gasteiger partial charge is 0.338 e. The van der Waals surface area contributed by atoms with Gasteiger partial charge in [0, 0.05) is 18.1 Å². The van der Waals surface area contributed by atoms with Crippen LogP contribution in [0.1, 0.15) is 38.0 Å². The van der Waals surface area contributed by atoms with Crippen LogP contribution in [0.5, 0.6) is 0 Å². The molecule has 1 aliphatic heterocycles. The molecule has 6 nitrogen and oxygen atoms in total. The van der Waals surface area contributed by atoms with Crippen LogP contribution in [0.4, 0.5) is 0 Å². The maximum Gasteiger partial charge on any atom is 0.338 e. The molecule has 1 unspecified atom stereocenters. The maximum absolute atomic E-state index is 13.0. The summed E-state index contributed by atoms with van der Waals surface area (Å²) in [5.41, 5.74) is 0.904. The van der Waals surface area contributed by atoms with Crippen molar-refractivity contribution in [1.82, 2.24) is 4.90 Å². The summed E-state index contributed by atoms with van der Waals surface area (Å²) < 4.78 is 30.4. The Morgan fingerprint density at radius 1 is 1.04 bits per heavy atom. The number of esters is 1. The van der Waals surface area contributed by atoms with Crippen LogP contribution in [-0.4, -0.2) is 51.1 Å². The lowest BCUT2D eigenvalue weighted by Gasteiger charge is -2.21. The first-order chi connectivity index (χ1) is 13.3. The van der Waals surface area contributed by atoms with E-state index in [0.717, 1.165) is 0 Å². The Bertz CT molecular complexity index is 1010. The lowest BCUT2D eigenvalue weighted by molar-refractivity contribution is 0.0590. The summed E-state index contributed by atoms with van der Waals surface area (Å²) >= 11 is 6.21. The zero-order valence-corrected chi connectivity index (χ0v) is 16.9. The van der Waals surface area contributed by atoms with Crippen molar-refractivity contribution < 1.29 is 22.7 Å². The molecule has 2 aromatic rings. The summed E-state index contributed by atoms with van der Waals surface area (Å²) in [7, 11) is -2.24. The van der Waals surface area contributed by atoms with Gasteiger partial charge in [-0.05, 0) is 30.2 Å². The predicted molar refractivity (Wildman–Crippen MR) is 106 cm³/mol. The highest BCUT2D eigenvalue weighted by Gasteiger charge is 2.34. The van der Waals surface area contributed by atoms with Gasteiger partial charge in [-0.15, -0.1) is 0 Å². The van der Waals surface area contributed by atoms with Gasteiger partial charge in [0.05, 0.1) is 29.2 Å². The van der Waals surface area contributed by atoms with Gasteiger partial charge >= 0.3 is 5.97 Å². The van der Waals surface area contributed by atoms with Gasteiger partial charge in [0.2, 0.25) is 0 Å². The zero-order chi connectivity index (χ0) is 20.3. The van der Waals surface area contributed by atoms with Crippen LogP contribution in [0, 0.1) is 0 Å². The number of rotatable bonds is 3. The van der Waals surface area contributed by atoms with Crippen molar-refractivity contribution in [2.45, 2.75) is 11.7 Å². The Kier molecular flexibility index (Phi) is 6.05. The van der Waals surface area contributed by atoms with E-state index in [9.17, 15) is 18.0 Å². The molecule has 2 aromatic carbocycles. The molecule has 0 bridgehead atoms. The van der Waals surface area contributed by atoms with Crippen molar-refractivity contribution >= 4 is 33.3 Å². The Hall–Kier alpha value is -2.38. The quantitative estimate of drug-likeness (QED) is 0.711. The van der Waals surface area contributed by atoms with Crippen LogP contribution < -0.4 is 0 Å². The van der Waals surface area contributed by atoms with Gasteiger partial charge in [0.1, 0.15) is 0 Å². The third-order valence-corrected chi connectivity index (χ3v) is 7.29. The fourth-order valence-corrected chi connectivity index (χ4v) is 5.51. The molecule has 0 spiro atoms. The largest absolute Gasteiger partial charge is 0.465 e. The summed E-state index contributed by atoms with van der Waals surface area (Å²) in [4.78, 5) is 26.4. The molecule has 148 valence electrons. The lowest BCUT2D eigenvalue weighted by atomic mass is 10.1. The third-order valence-electron chi connectivity index (χ3n) is 4.84.